The van der Waals surface area contributed by atoms with Crippen LogP contribution in [0.25, 0.3) is 10.9 Å². The smallest absolute Gasteiger partial charge is 0.253 e. The molecule has 5 heteroatoms. The lowest BCUT2D eigenvalue weighted by atomic mass is 10.1. The minimum Gasteiger partial charge on any atom is -0.340 e. The van der Waals surface area contributed by atoms with Crippen LogP contribution in [-0.2, 0) is 13.1 Å². The third-order valence-corrected chi connectivity index (χ3v) is 5.33. The predicted octanol–water partition coefficient (Wildman–Crippen LogP) is 5.24. The van der Waals surface area contributed by atoms with Crippen LogP contribution in [0.5, 0.6) is 0 Å². The Labute approximate surface area is 181 Å². The van der Waals surface area contributed by atoms with E-state index in [0.717, 1.165) is 27.7 Å². The number of anilines is 1. The van der Waals surface area contributed by atoms with E-state index in [1.165, 1.54) is 0 Å². The summed E-state index contributed by atoms with van der Waals surface area (Å²) in [4.78, 5) is 17.8. The van der Waals surface area contributed by atoms with Crippen molar-refractivity contribution in [2.75, 3.05) is 5.32 Å². The van der Waals surface area contributed by atoms with Crippen molar-refractivity contribution in [3.8, 4) is 0 Å². The van der Waals surface area contributed by atoms with Crippen LogP contribution >= 0.6 is 12.2 Å². The Kier molecular flexibility index (Phi) is 5.91. The van der Waals surface area contributed by atoms with Crippen LogP contribution < -0.4 is 10.9 Å². The second-order valence-corrected chi connectivity index (χ2v) is 7.74. The third-order valence-electron chi connectivity index (χ3n) is 4.97. The van der Waals surface area contributed by atoms with E-state index in [9.17, 15) is 4.79 Å². The highest BCUT2D eigenvalue weighted by atomic mass is 32.1. The summed E-state index contributed by atoms with van der Waals surface area (Å²) < 4.78 is 0. The van der Waals surface area contributed by atoms with Gasteiger partial charge in [-0.15, -0.1) is 0 Å². The van der Waals surface area contributed by atoms with Crippen LogP contribution in [0.4, 0.5) is 5.69 Å². The summed E-state index contributed by atoms with van der Waals surface area (Å²) in [6.45, 7) is 3.06. The van der Waals surface area contributed by atoms with Gasteiger partial charge in [0.2, 0.25) is 0 Å². The molecule has 4 aromatic rings. The van der Waals surface area contributed by atoms with Gasteiger partial charge in [0.1, 0.15) is 0 Å². The molecule has 3 aromatic carbocycles. The third kappa shape index (κ3) is 4.75. The number of aromatic amines is 1. The Balaban J connectivity index is 1.65. The lowest BCUT2D eigenvalue weighted by molar-refractivity contribution is 0.411. The zero-order chi connectivity index (χ0) is 20.9. The molecule has 0 aliphatic heterocycles. The molecule has 0 aliphatic rings. The van der Waals surface area contributed by atoms with Gasteiger partial charge in [0.15, 0.2) is 5.11 Å². The second-order valence-electron chi connectivity index (χ2n) is 7.35. The van der Waals surface area contributed by atoms with E-state index >= 15 is 0 Å². The highest BCUT2D eigenvalue weighted by Crippen LogP contribution is 2.16. The molecule has 2 N–H and O–H groups in total. The molecule has 4 nitrogen and oxygen atoms in total. The van der Waals surface area contributed by atoms with E-state index in [1.807, 2.05) is 78.6 Å². The van der Waals surface area contributed by atoms with E-state index < -0.39 is 0 Å². The molecule has 30 heavy (non-hydrogen) atoms. The maximum Gasteiger partial charge on any atom is 0.253 e. The van der Waals surface area contributed by atoms with Crippen molar-refractivity contribution >= 4 is 33.9 Å². The number of pyridine rings is 1. The molecule has 0 atom stereocenters. The minimum atomic E-state index is -0.0908. The molecule has 0 unspecified atom stereocenters. The number of rotatable bonds is 5. The first-order chi connectivity index (χ1) is 14.6. The molecule has 0 spiro atoms. The summed E-state index contributed by atoms with van der Waals surface area (Å²) in [5.74, 6) is 0. The first-order valence-corrected chi connectivity index (χ1v) is 10.3. The maximum atomic E-state index is 12.7. The minimum absolute atomic E-state index is 0.0908. The van der Waals surface area contributed by atoms with E-state index in [1.54, 1.807) is 0 Å². The molecule has 0 aliphatic carbocycles. The molecule has 0 amide bonds. The monoisotopic (exact) mass is 413 g/mol. The molecule has 150 valence electrons. The molecule has 1 aromatic heterocycles. The molecule has 0 saturated heterocycles. The summed E-state index contributed by atoms with van der Waals surface area (Å²) in [6, 6.07) is 27.9. The van der Waals surface area contributed by atoms with Crippen LogP contribution in [0.15, 0.2) is 89.7 Å². The Morgan fingerprint density at radius 3 is 2.37 bits per heavy atom. The average Bonchev–Trinajstić information content (AvgIpc) is 2.75. The number of nitrogens with one attached hydrogen (secondary N) is 2. The van der Waals surface area contributed by atoms with Crippen LogP contribution in [-0.4, -0.2) is 15.0 Å². The molecule has 1 heterocycles. The van der Waals surface area contributed by atoms with Crippen molar-refractivity contribution in [3.63, 3.8) is 0 Å². The Hall–Kier alpha value is -3.44. The predicted molar refractivity (Wildman–Crippen MR) is 128 cm³/mol. The fraction of sp³-hybridized carbons (Fsp3) is 0.120. The van der Waals surface area contributed by atoms with Gasteiger partial charge in [-0.05, 0) is 60.4 Å². The van der Waals surface area contributed by atoms with Gasteiger partial charge >= 0.3 is 0 Å². The lowest BCUT2D eigenvalue weighted by Crippen LogP contribution is -2.35. The van der Waals surface area contributed by atoms with Crippen molar-refractivity contribution in [3.05, 3.63) is 112 Å². The van der Waals surface area contributed by atoms with Crippen LogP contribution in [0, 0.1) is 6.92 Å². The molecule has 0 bridgehead atoms. The van der Waals surface area contributed by atoms with Gasteiger partial charge in [-0.1, -0.05) is 60.2 Å². The fourth-order valence-electron chi connectivity index (χ4n) is 3.42. The number of thiocarbonyl (C=S) groups is 1. The SMILES string of the molecule is Cc1ccc2[nH]c(=O)c(CN(Cc3ccccc3)C(=S)Nc3ccccc3)cc2c1. The fourth-order valence-corrected chi connectivity index (χ4v) is 3.67. The molecular formula is C25H23N3OS. The van der Waals surface area contributed by atoms with Gasteiger partial charge < -0.3 is 15.2 Å². The Bertz CT molecular complexity index is 1220. The van der Waals surface area contributed by atoms with Gasteiger partial charge in [-0.2, -0.15) is 0 Å². The van der Waals surface area contributed by atoms with E-state index in [-0.39, 0.29) is 5.56 Å². The number of para-hydroxylation sites is 1. The van der Waals surface area contributed by atoms with Gasteiger partial charge in [0, 0.05) is 23.3 Å². The Morgan fingerprint density at radius 2 is 1.63 bits per heavy atom. The van der Waals surface area contributed by atoms with Crippen molar-refractivity contribution < 1.29 is 0 Å². The van der Waals surface area contributed by atoms with Crippen molar-refractivity contribution in [2.45, 2.75) is 20.0 Å². The van der Waals surface area contributed by atoms with Crippen molar-refractivity contribution in [1.29, 1.82) is 0 Å². The first-order valence-electron chi connectivity index (χ1n) is 9.86. The summed E-state index contributed by atoms with van der Waals surface area (Å²) in [5.41, 5.74) is 4.64. The zero-order valence-electron chi connectivity index (χ0n) is 16.8. The zero-order valence-corrected chi connectivity index (χ0v) is 17.6. The summed E-state index contributed by atoms with van der Waals surface area (Å²) in [7, 11) is 0. The standard InChI is InChI=1S/C25H23N3OS/c1-18-12-13-23-20(14-18)15-21(24(29)27-23)17-28(16-19-8-4-2-5-9-19)25(30)26-22-10-6-3-7-11-22/h2-15H,16-17H2,1H3,(H,26,30)(H,27,29). The number of hydrogen-bond acceptors (Lipinski definition) is 2. The van der Waals surface area contributed by atoms with Gasteiger partial charge in [-0.3, -0.25) is 4.79 Å². The number of aromatic nitrogens is 1. The lowest BCUT2D eigenvalue weighted by Gasteiger charge is -2.26. The number of nitrogens with zero attached hydrogens (tertiary/aromatic N) is 1. The Morgan fingerprint density at radius 1 is 0.933 bits per heavy atom. The number of fused-ring (bicyclic) bond motifs is 1. The highest BCUT2D eigenvalue weighted by Gasteiger charge is 2.14. The van der Waals surface area contributed by atoms with Gasteiger partial charge in [-0.25, -0.2) is 0 Å². The summed E-state index contributed by atoms with van der Waals surface area (Å²) >= 11 is 5.72. The number of aryl methyl sites for hydroxylation is 1. The number of H-pyrrole nitrogens is 1. The van der Waals surface area contributed by atoms with Crippen molar-refractivity contribution in [2.24, 2.45) is 0 Å². The summed E-state index contributed by atoms with van der Waals surface area (Å²) in [6.07, 6.45) is 0. The normalized spacial score (nSPS) is 10.7. The molecule has 0 saturated carbocycles. The van der Waals surface area contributed by atoms with E-state index in [2.05, 4.69) is 28.5 Å². The highest BCUT2D eigenvalue weighted by molar-refractivity contribution is 7.80. The topological polar surface area (TPSA) is 48.1 Å². The quantitative estimate of drug-likeness (QED) is 0.440. The van der Waals surface area contributed by atoms with Crippen LogP contribution in [0.2, 0.25) is 0 Å². The van der Waals surface area contributed by atoms with Crippen LogP contribution in [0.3, 0.4) is 0 Å². The van der Waals surface area contributed by atoms with Gasteiger partial charge in [0.25, 0.3) is 5.56 Å². The largest absolute Gasteiger partial charge is 0.340 e. The summed E-state index contributed by atoms with van der Waals surface area (Å²) in [5, 5.41) is 4.89. The van der Waals surface area contributed by atoms with E-state index in [4.69, 9.17) is 12.2 Å². The van der Waals surface area contributed by atoms with Crippen LogP contribution in [0.1, 0.15) is 16.7 Å². The molecule has 0 fully saturated rings. The first kappa shape index (κ1) is 19.9. The number of hydrogen-bond donors (Lipinski definition) is 2. The maximum absolute atomic E-state index is 12.7. The van der Waals surface area contributed by atoms with Crippen molar-refractivity contribution in [1.82, 2.24) is 9.88 Å². The molecule has 4 rings (SSSR count). The van der Waals surface area contributed by atoms with E-state index in [0.29, 0.717) is 23.8 Å². The average molecular weight is 414 g/mol. The second kappa shape index (κ2) is 8.93. The molecular weight excluding hydrogens is 390 g/mol. The molecule has 0 radical (unpaired) electrons. The number of benzene rings is 3. The van der Waals surface area contributed by atoms with Gasteiger partial charge in [0.05, 0.1) is 6.54 Å².